The van der Waals surface area contributed by atoms with Crippen molar-refractivity contribution < 1.29 is 38.5 Å². The molecule has 9 nitrogen and oxygen atoms in total. The van der Waals surface area contributed by atoms with Gasteiger partial charge in [0.25, 0.3) is 0 Å². The normalized spacial score (nSPS) is 13.9. The van der Waals surface area contributed by atoms with Crippen LogP contribution < -0.4 is 10.1 Å². The Kier molecular flexibility index (Phi) is 6.87. The molecule has 0 atom stereocenters. The number of carbonyl (C=O) groups excluding carboxylic acids is 2. The number of ether oxygens (including phenoxy) is 2. The van der Waals surface area contributed by atoms with Gasteiger partial charge in [-0.1, -0.05) is 11.6 Å². The van der Waals surface area contributed by atoms with Crippen LogP contribution in [0, 0.1) is 6.92 Å². The van der Waals surface area contributed by atoms with Gasteiger partial charge in [-0.05, 0) is 32.3 Å². The molecule has 0 fully saturated rings. The number of phenolic OH excluding ortho intramolecular Hbond substituents is 1. The van der Waals surface area contributed by atoms with Gasteiger partial charge in [0.1, 0.15) is 30.0 Å². The van der Waals surface area contributed by atoms with Gasteiger partial charge in [0.15, 0.2) is 0 Å². The summed E-state index contributed by atoms with van der Waals surface area (Å²) in [4.78, 5) is 41.0. The van der Waals surface area contributed by atoms with Crippen LogP contribution in [-0.4, -0.2) is 40.2 Å². The predicted molar refractivity (Wildman–Crippen MR) is 100 cm³/mol. The topological polar surface area (TPSA) is 142 Å². The lowest BCUT2D eigenvalue weighted by Crippen LogP contribution is -2.24. The number of allylic oxidation sites excluding steroid dienone is 2. The third-order valence-corrected chi connectivity index (χ3v) is 5.10. The first-order valence-electron chi connectivity index (χ1n) is 8.60. The van der Waals surface area contributed by atoms with E-state index in [1.165, 1.54) is 7.11 Å². The Hall–Kier alpha value is -2.35. The van der Waals surface area contributed by atoms with Gasteiger partial charge in [-0.25, -0.2) is 4.79 Å². The van der Waals surface area contributed by atoms with E-state index in [0.29, 0.717) is 23.3 Å². The van der Waals surface area contributed by atoms with Crippen molar-refractivity contribution in [2.24, 2.45) is 0 Å². The largest absolute Gasteiger partial charge is 0.507 e. The average molecular weight is 413 g/mol. The number of phenols is 1. The molecular weight excluding hydrogens is 389 g/mol. The molecule has 1 aliphatic heterocycles. The highest BCUT2D eigenvalue weighted by Gasteiger charge is 2.31. The summed E-state index contributed by atoms with van der Waals surface area (Å²) in [6.07, 6.45) is 1.85. The summed E-state index contributed by atoms with van der Waals surface area (Å²) in [5.74, 6) is -0.712. The molecule has 0 aliphatic carbocycles. The molecule has 0 unspecified atom stereocenters. The van der Waals surface area contributed by atoms with Crippen molar-refractivity contribution in [1.82, 2.24) is 5.32 Å². The Bertz CT molecular complexity index is 871. The van der Waals surface area contributed by atoms with E-state index < -0.39 is 25.8 Å². The third-order valence-electron chi connectivity index (χ3n) is 4.53. The maximum atomic E-state index is 11.9. The van der Waals surface area contributed by atoms with Gasteiger partial charge in [0.05, 0.1) is 7.11 Å². The van der Waals surface area contributed by atoms with E-state index in [4.69, 9.17) is 19.3 Å². The lowest BCUT2D eigenvalue weighted by Gasteiger charge is -2.15. The SMILES string of the molecule is COc1c(C)c2c(c(O)c1CC=C(C)CCC(=O)NCP(=O)(O)O)C(=O)OC2. The molecule has 0 saturated heterocycles. The van der Waals surface area contributed by atoms with Crippen LogP contribution in [-0.2, 0) is 27.1 Å². The number of amides is 1. The van der Waals surface area contributed by atoms with E-state index >= 15 is 0 Å². The van der Waals surface area contributed by atoms with Gasteiger partial charge in [-0.2, -0.15) is 0 Å². The van der Waals surface area contributed by atoms with E-state index in [1.54, 1.807) is 19.9 Å². The van der Waals surface area contributed by atoms with E-state index in [2.05, 4.69) is 5.32 Å². The van der Waals surface area contributed by atoms with E-state index in [1.807, 2.05) is 0 Å². The summed E-state index contributed by atoms with van der Waals surface area (Å²) >= 11 is 0. The fourth-order valence-corrected chi connectivity index (χ4v) is 3.38. The number of esters is 1. The second-order valence-corrected chi connectivity index (χ2v) is 8.24. The Labute approximate surface area is 162 Å². The van der Waals surface area contributed by atoms with Crippen LogP contribution in [0.2, 0.25) is 0 Å². The summed E-state index contributed by atoms with van der Waals surface area (Å²) < 4.78 is 21.2. The quantitative estimate of drug-likeness (QED) is 0.288. The van der Waals surface area contributed by atoms with Crippen LogP contribution in [0.5, 0.6) is 11.5 Å². The first kappa shape index (κ1) is 21.9. The molecule has 10 heteroatoms. The molecular formula is C18H24NO8P. The van der Waals surface area contributed by atoms with Crippen molar-refractivity contribution in [3.8, 4) is 11.5 Å². The fourth-order valence-electron chi connectivity index (χ4n) is 3.00. The number of aromatic hydroxyl groups is 1. The lowest BCUT2D eigenvalue weighted by molar-refractivity contribution is -0.120. The van der Waals surface area contributed by atoms with Crippen molar-refractivity contribution >= 4 is 19.5 Å². The number of cyclic esters (lactones) is 1. The Morgan fingerprint density at radius 3 is 2.64 bits per heavy atom. The van der Waals surface area contributed by atoms with Crippen LogP contribution in [0.4, 0.5) is 0 Å². The van der Waals surface area contributed by atoms with Crippen LogP contribution in [0.15, 0.2) is 11.6 Å². The third kappa shape index (κ3) is 5.13. The van der Waals surface area contributed by atoms with Crippen molar-refractivity contribution in [2.45, 2.75) is 39.7 Å². The Balaban J connectivity index is 2.10. The van der Waals surface area contributed by atoms with Crippen molar-refractivity contribution in [3.05, 3.63) is 33.9 Å². The highest BCUT2D eigenvalue weighted by Crippen LogP contribution is 2.42. The van der Waals surface area contributed by atoms with Crippen molar-refractivity contribution in [1.29, 1.82) is 0 Å². The minimum Gasteiger partial charge on any atom is -0.507 e. The standard InChI is InChI=1S/C18H24NO8P/c1-10(5-7-14(20)19-9-28(23,24)25)4-6-12-16(21)15-13(8-27-18(15)22)11(2)17(12)26-3/h4,21H,5-9H2,1-3H3,(H,19,20)(H2,23,24,25). The zero-order valence-corrected chi connectivity index (χ0v) is 16.8. The maximum Gasteiger partial charge on any atom is 0.344 e. The zero-order valence-electron chi connectivity index (χ0n) is 15.9. The van der Waals surface area contributed by atoms with E-state index in [-0.39, 0.29) is 30.8 Å². The molecule has 0 bridgehead atoms. The number of hydrogen-bond donors (Lipinski definition) is 4. The summed E-state index contributed by atoms with van der Waals surface area (Å²) in [5, 5.41) is 12.7. The fraction of sp³-hybridized carbons (Fsp3) is 0.444. The molecule has 1 aromatic rings. The van der Waals surface area contributed by atoms with Gasteiger partial charge in [0, 0.05) is 17.5 Å². The summed E-state index contributed by atoms with van der Waals surface area (Å²) in [7, 11) is -2.79. The van der Waals surface area contributed by atoms with Crippen LogP contribution in [0.25, 0.3) is 0 Å². The molecule has 0 spiro atoms. The van der Waals surface area contributed by atoms with Gasteiger partial charge in [0.2, 0.25) is 5.91 Å². The Morgan fingerprint density at radius 1 is 1.36 bits per heavy atom. The summed E-state index contributed by atoms with van der Waals surface area (Å²) in [6, 6.07) is 0. The molecule has 0 saturated carbocycles. The summed E-state index contributed by atoms with van der Waals surface area (Å²) in [6.45, 7) is 3.70. The van der Waals surface area contributed by atoms with Crippen molar-refractivity contribution in [3.63, 3.8) is 0 Å². The number of benzene rings is 1. The molecule has 1 aromatic carbocycles. The Morgan fingerprint density at radius 2 is 2.04 bits per heavy atom. The minimum atomic E-state index is -4.28. The zero-order chi connectivity index (χ0) is 21.1. The number of hydrogen-bond acceptors (Lipinski definition) is 6. The summed E-state index contributed by atoms with van der Waals surface area (Å²) in [5.41, 5.74) is 2.82. The van der Waals surface area contributed by atoms with E-state index in [0.717, 1.165) is 11.1 Å². The maximum absolute atomic E-state index is 11.9. The smallest absolute Gasteiger partial charge is 0.344 e. The van der Waals surface area contributed by atoms with Crippen molar-refractivity contribution in [2.75, 3.05) is 13.4 Å². The molecule has 0 aromatic heterocycles. The average Bonchev–Trinajstić information content (AvgIpc) is 3.01. The van der Waals surface area contributed by atoms with Crippen LogP contribution in [0.1, 0.15) is 46.8 Å². The molecule has 1 heterocycles. The highest BCUT2D eigenvalue weighted by atomic mass is 31.2. The predicted octanol–water partition coefficient (Wildman–Crippen LogP) is 1.90. The first-order chi connectivity index (χ1) is 13.0. The minimum absolute atomic E-state index is 0.0704. The molecule has 2 rings (SSSR count). The van der Waals surface area contributed by atoms with E-state index in [9.17, 15) is 19.3 Å². The highest BCUT2D eigenvalue weighted by molar-refractivity contribution is 7.51. The molecule has 1 aliphatic rings. The number of rotatable bonds is 8. The van der Waals surface area contributed by atoms with Crippen LogP contribution >= 0.6 is 7.60 Å². The van der Waals surface area contributed by atoms with Gasteiger partial charge in [-0.3, -0.25) is 9.36 Å². The molecule has 1 amide bonds. The van der Waals surface area contributed by atoms with Gasteiger partial charge < -0.3 is 29.7 Å². The second-order valence-electron chi connectivity index (χ2n) is 6.59. The molecule has 4 N–H and O–H groups in total. The first-order valence-corrected chi connectivity index (χ1v) is 10.4. The number of fused-ring (bicyclic) bond motifs is 1. The number of methoxy groups -OCH3 is 1. The molecule has 0 radical (unpaired) electrons. The van der Waals surface area contributed by atoms with Gasteiger partial charge in [-0.15, -0.1) is 0 Å². The van der Waals surface area contributed by atoms with Gasteiger partial charge >= 0.3 is 13.6 Å². The second kappa shape index (κ2) is 8.77. The number of carbonyl (C=O) groups is 2. The van der Waals surface area contributed by atoms with Crippen LogP contribution in [0.3, 0.4) is 0 Å². The molecule has 28 heavy (non-hydrogen) atoms. The molecule has 154 valence electrons. The monoisotopic (exact) mass is 413 g/mol. The number of nitrogens with one attached hydrogen (secondary N) is 1. The lowest BCUT2D eigenvalue weighted by atomic mass is 9.94.